The number of methoxy groups -OCH3 is 1. The molecule has 0 rings (SSSR count). The van der Waals surface area contributed by atoms with E-state index in [1.807, 2.05) is 0 Å². The Hall–Kier alpha value is -0.690. The van der Waals surface area contributed by atoms with E-state index in [1.165, 1.54) is 7.11 Å². The first kappa shape index (κ1) is 25.3. The Morgan fingerprint density at radius 1 is 0.923 bits per heavy atom. The summed E-state index contributed by atoms with van der Waals surface area (Å²) < 4.78 is 22.2. The van der Waals surface area contributed by atoms with E-state index in [-0.39, 0.29) is 25.1 Å². The maximum absolute atomic E-state index is 11.5. The third kappa shape index (κ3) is 12.6. The van der Waals surface area contributed by atoms with Gasteiger partial charge in [0.2, 0.25) is 0 Å². The van der Waals surface area contributed by atoms with Gasteiger partial charge in [-0.05, 0) is 25.7 Å². The minimum absolute atomic E-state index is 0.211. The molecule has 0 aromatic rings. The van der Waals surface area contributed by atoms with E-state index in [0.717, 1.165) is 38.5 Å². The summed E-state index contributed by atoms with van der Waals surface area (Å²) in [5.41, 5.74) is 0. The number of unbranched alkanes of at least 4 members (excludes halogenated alkanes) is 3. The van der Waals surface area contributed by atoms with Crippen LogP contribution >= 0.6 is 0 Å². The fraction of sp³-hybridized carbons (Fsp3) is 0.950. The van der Waals surface area contributed by atoms with E-state index in [4.69, 9.17) is 18.9 Å². The quantitative estimate of drug-likeness (QED) is 0.292. The molecule has 0 saturated carbocycles. The molecule has 0 unspecified atom stereocenters. The van der Waals surface area contributed by atoms with Crippen molar-refractivity contribution in [3.63, 3.8) is 0 Å². The smallest absolute Gasteiger partial charge is 0.305 e. The molecule has 0 aromatic carbocycles. The molecule has 0 bridgehead atoms. The Kier molecular flexibility index (Phi) is 17.2. The van der Waals surface area contributed by atoms with Gasteiger partial charge < -0.3 is 24.1 Å². The van der Waals surface area contributed by atoms with E-state index in [9.17, 15) is 9.90 Å². The monoisotopic (exact) mass is 376 g/mol. The molecule has 0 spiro atoms. The molecule has 0 aliphatic rings. The summed E-state index contributed by atoms with van der Waals surface area (Å²) >= 11 is 0. The predicted molar refractivity (Wildman–Crippen MR) is 102 cm³/mol. The maximum Gasteiger partial charge on any atom is 0.305 e. The van der Waals surface area contributed by atoms with Gasteiger partial charge in [-0.25, -0.2) is 0 Å². The molecule has 6 heteroatoms. The zero-order chi connectivity index (χ0) is 19.6. The largest absolute Gasteiger partial charge is 0.469 e. The molecule has 0 amide bonds. The second-order valence-electron chi connectivity index (χ2n) is 6.56. The topological polar surface area (TPSA) is 74.2 Å². The standard InChI is InChI=1S/C20H40O6/c1-5-8-13-24-16-17(21)20(26-15-10-7-3)18(25-14-9-6-2)11-12-19(22)23-4/h17-18,20-21H,5-16H2,1-4H3/t17-,18+,20-/m1/s1. The van der Waals surface area contributed by atoms with Gasteiger partial charge in [0, 0.05) is 26.2 Å². The Balaban J connectivity index is 4.84. The number of rotatable bonds is 18. The van der Waals surface area contributed by atoms with Gasteiger partial charge >= 0.3 is 5.97 Å². The molecule has 26 heavy (non-hydrogen) atoms. The third-order valence-corrected chi connectivity index (χ3v) is 4.18. The van der Waals surface area contributed by atoms with Gasteiger partial charge in [-0.1, -0.05) is 40.0 Å². The SMILES string of the molecule is CCCCOC[C@@H](O)[C@@H](OCCCC)[C@H](CCC(=O)OC)OCCCC. The molecule has 0 fully saturated rings. The lowest BCUT2D eigenvalue weighted by atomic mass is 10.0. The van der Waals surface area contributed by atoms with Crippen molar-refractivity contribution < 1.29 is 28.8 Å². The molecule has 6 nitrogen and oxygen atoms in total. The molecule has 0 saturated heterocycles. The van der Waals surface area contributed by atoms with Crippen LogP contribution in [0.3, 0.4) is 0 Å². The molecular weight excluding hydrogens is 336 g/mol. The summed E-state index contributed by atoms with van der Waals surface area (Å²) in [5.74, 6) is -0.282. The zero-order valence-electron chi connectivity index (χ0n) is 17.2. The van der Waals surface area contributed by atoms with Gasteiger partial charge in [-0.2, -0.15) is 0 Å². The number of hydrogen-bond donors (Lipinski definition) is 1. The van der Waals surface area contributed by atoms with Crippen LogP contribution in [0.2, 0.25) is 0 Å². The fourth-order valence-corrected chi connectivity index (χ4v) is 2.46. The van der Waals surface area contributed by atoms with Crippen LogP contribution in [0.1, 0.15) is 72.1 Å². The number of ether oxygens (including phenoxy) is 4. The molecular formula is C20H40O6. The highest BCUT2D eigenvalue weighted by Crippen LogP contribution is 2.17. The van der Waals surface area contributed by atoms with Crippen LogP contribution in [0.5, 0.6) is 0 Å². The van der Waals surface area contributed by atoms with Crippen LogP contribution in [-0.2, 0) is 23.7 Å². The predicted octanol–water partition coefficient (Wildman–Crippen LogP) is 3.49. The van der Waals surface area contributed by atoms with Gasteiger partial charge in [0.1, 0.15) is 12.2 Å². The minimum atomic E-state index is -0.784. The number of aliphatic hydroxyl groups is 1. The number of esters is 1. The average molecular weight is 377 g/mol. The van der Waals surface area contributed by atoms with Gasteiger partial charge in [-0.3, -0.25) is 4.79 Å². The van der Waals surface area contributed by atoms with Crippen molar-refractivity contribution in [3.8, 4) is 0 Å². The first-order chi connectivity index (χ1) is 12.6. The van der Waals surface area contributed by atoms with Crippen LogP contribution in [0, 0.1) is 0 Å². The Bertz CT molecular complexity index is 323. The van der Waals surface area contributed by atoms with Crippen molar-refractivity contribution in [1.29, 1.82) is 0 Å². The second kappa shape index (κ2) is 17.7. The minimum Gasteiger partial charge on any atom is -0.469 e. The van der Waals surface area contributed by atoms with Crippen LogP contribution < -0.4 is 0 Å². The summed E-state index contributed by atoms with van der Waals surface area (Å²) in [5, 5.41) is 10.6. The summed E-state index contributed by atoms with van der Waals surface area (Å²) in [7, 11) is 1.38. The maximum atomic E-state index is 11.5. The highest BCUT2D eigenvalue weighted by atomic mass is 16.6. The van der Waals surface area contributed by atoms with E-state index in [0.29, 0.717) is 26.2 Å². The number of aliphatic hydroxyl groups excluding tert-OH is 1. The molecule has 0 heterocycles. The second-order valence-corrected chi connectivity index (χ2v) is 6.56. The van der Waals surface area contributed by atoms with Crippen molar-refractivity contribution in [2.75, 3.05) is 33.5 Å². The highest BCUT2D eigenvalue weighted by molar-refractivity contribution is 5.69. The average Bonchev–Trinajstić information content (AvgIpc) is 2.65. The van der Waals surface area contributed by atoms with Gasteiger partial charge in [0.25, 0.3) is 0 Å². The molecule has 156 valence electrons. The molecule has 0 radical (unpaired) electrons. The van der Waals surface area contributed by atoms with Gasteiger partial charge in [-0.15, -0.1) is 0 Å². The fourth-order valence-electron chi connectivity index (χ4n) is 2.46. The number of carbonyl (C=O) groups is 1. The Morgan fingerprint density at radius 2 is 1.50 bits per heavy atom. The van der Waals surface area contributed by atoms with E-state index >= 15 is 0 Å². The summed E-state index contributed by atoms with van der Waals surface area (Å²) in [6, 6.07) is 0. The van der Waals surface area contributed by atoms with Crippen molar-refractivity contribution in [2.24, 2.45) is 0 Å². The van der Waals surface area contributed by atoms with Crippen molar-refractivity contribution in [3.05, 3.63) is 0 Å². The first-order valence-corrected chi connectivity index (χ1v) is 10.2. The molecule has 0 aliphatic carbocycles. The lowest BCUT2D eigenvalue weighted by Gasteiger charge is -2.31. The third-order valence-electron chi connectivity index (χ3n) is 4.18. The van der Waals surface area contributed by atoms with Crippen LogP contribution in [0.4, 0.5) is 0 Å². The Labute approximate surface area is 159 Å². The van der Waals surface area contributed by atoms with Gasteiger partial charge in [0.05, 0.1) is 19.8 Å². The molecule has 0 aromatic heterocycles. The van der Waals surface area contributed by atoms with Crippen LogP contribution in [0.15, 0.2) is 0 Å². The molecule has 1 N–H and O–H groups in total. The van der Waals surface area contributed by atoms with Crippen molar-refractivity contribution in [1.82, 2.24) is 0 Å². The summed E-state index contributed by atoms with van der Waals surface area (Å²) in [4.78, 5) is 11.5. The lowest BCUT2D eigenvalue weighted by molar-refractivity contribution is -0.150. The molecule has 0 aliphatic heterocycles. The normalized spacial score (nSPS) is 14.8. The number of carbonyl (C=O) groups excluding carboxylic acids is 1. The number of hydrogen-bond acceptors (Lipinski definition) is 6. The van der Waals surface area contributed by atoms with Crippen molar-refractivity contribution in [2.45, 2.75) is 90.4 Å². The lowest BCUT2D eigenvalue weighted by Crippen LogP contribution is -2.44. The first-order valence-electron chi connectivity index (χ1n) is 10.2. The van der Waals surface area contributed by atoms with E-state index < -0.39 is 12.2 Å². The van der Waals surface area contributed by atoms with Crippen LogP contribution in [0.25, 0.3) is 0 Å². The summed E-state index contributed by atoms with van der Waals surface area (Å²) in [6.07, 6.45) is 4.94. The zero-order valence-corrected chi connectivity index (χ0v) is 17.2. The van der Waals surface area contributed by atoms with E-state index in [1.54, 1.807) is 0 Å². The van der Waals surface area contributed by atoms with Crippen LogP contribution in [-0.4, -0.2) is 62.9 Å². The van der Waals surface area contributed by atoms with Crippen molar-refractivity contribution >= 4 is 5.97 Å². The summed E-state index contributed by atoms with van der Waals surface area (Å²) in [6.45, 7) is 8.26. The molecule has 3 atom stereocenters. The highest BCUT2D eigenvalue weighted by Gasteiger charge is 2.30. The van der Waals surface area contributed by atoms with Gasteiger partial charge in [0.15, 0.2) is 0 Å². The Morgan fingerprint density at radius 3 is 2.08 bits per heavy atom. The van der Waals surface area contributed by atoms with E-state index in [2.05, 4.69) is 20.8 Å².